The van der Waals surface area contributed by atoms with Crippen molar-refractivity contribution in [2.75, 3.05) is 0 Å². The number of nitrogens with zero attached hydrogens (tertiary/aromatic N) is 5. The van der Waals surface area contributed by atoms with Crippen LogP contribution in [0.15, 0.2) is 48.5 Å². The van der Waals surface area contributed by atoms with Gasteiger partial charge in [-0.2, -0.15) is 10.3 Å². The van der Waals surface area contributed by atoms with E-state index in [9.17, 15) is 4.79 Å². The Hall–Kier alpha value is -3.61. The summed E-state index contributed by atoms with van der Waals surface area (Å²) in [6.07, 6.45) is 3.40. The highest BCUT2D eigenvalue weighted by Crippen LogP contribution is 2.33. The summed E-state index contributed by atoms with van der Waals surface area (Å²) >= 11 is 0. The van der Waals surface area contributed by atoms with Crippen LogP contribution in [0.5, 0.6) is 0 Å². The molecule has 1 N–H and O–H groups in total. The molecule has 0 amide bonds. The topological polar surface area (TPSA) is 89.4 Å². The second kappa shape index (κ2) is 8.82. The van der Waals surface area contributed by atoms with Crippen molar-refractivity contribution in [1.82, 2.24) is 30.4 Å². The Morgan fingerprint density at radius 1 is 1.00 bits per heavy atom. The number of carbonyl (C=O) groups is 1. The predicted octanol–water partition coefficient (Wildman–Crippen LogP) is 4.11. The first-order valence-electron chi connectivity index (χ1n) is 10.2. The molecule has 0 unspecified atom stereocenters. The lowest BCUT2D eigenvalue weighted by Crippen LogP contribution is -2.03. The molecule has 0 saturated carbocycles. The minimum absolute atomic E-state index is 0.555. The quantitative estimate of drug-likeness (QED) is 0.450. The Morgan fingerprint density at radius 3 is 2.40 bits per heavy atom. The lowest BCUT2D eigenvalue weighted by atomic mass is 9.91. The number of H-pyrrole nitrogens is 1. The third kappa shape index (κ3) is 3.66. The molecule has 152 valence electrons. The summed E-state index contributed by atoms with van der Waals surface area (Å²) in [5.74, 6) is 0.555. The number of carbonyl (C=O) groups excluding carboxylic acids is 1. The van der Waals surface area contributed by atoms with Crippen LogP contribution < -0.4 is 0 Å². The molecule has 2 heterocycles. The van der Waals surface area contributed by atoms with Gasteiger partial charge in [-0.05, 0) is 35.2 Å². The van der Waals surface area contributed by atoms with Crippen molar-refractivity contribution in [3.8, 4) is 22.5 Å². The Bertz CT molecular complexity index is 1150. The number of tetrazole rings is 1. The number of aromatic nitrogens is 6. The highest BCUT2D eigenvalue weighted by Gasteiger charge is 2.19. The van der Waals surface area contributed by atoms with E-state index >= 15 is 0 Å². The van der Waals surface area contributed by atoms with E-state index in [1.807, 2.05) is 41.9 Å². The lowest BCUT2D eigenvalue weighted by Gasteiger charge is -2.13. The van der Waals surface area contributed by atoms with Crippen LogP contribution in [0.25, 0.3) is 22.5 Å². The molecule has 30 heavy (non-hydrogen) atoms. The largest absolute Gasteiger partial charge is 0.296 e. The number of hydrogen-bond acceptors (Lipinski definition) is 5. The van der Waals surface area contributed by atoms with E-state index in [-0.39, 0.29) is 0 Å². The van der Waals surface area contributed by atoms with Gasteiger partial charge in [0.25, 0.3) is 0 Å². The molecule has 0 spiro atoms. The van der Waals surface area contributed by atoms with Crippen molar-refractivity contribution < 1.29 is 4.79 Å². The first kappa shape index (κ1) is 19.7. The average Bonchev–Trinajstić information content (AvgIpc) is 3.43. The molecule has 0 atom stereocenters. The summed E-state index contributed by atoms with van der Waals surface area (Å²) < 4.78 is 1.81. The number of aromatic amines is 1. The molecular weight excluding hydrogens is 376 g/mol. The average molecular weight is 400 g/mol. The number of nitrogens with one attached hydrogen (secondary N) is 1. The van der Waals surface area contributed by atoms with Crippen molar-refractivity contribution in [2.24, 2.45) is 0 Å². The monoisotopic (exact) mass is 400 g/mol. The van der Waals surface area contributed by atoms with Gasteiger partial charge in [-0.15, -0.1) is 10.2 Å². The van der Waals surface area contributed by atoms with E-state index < -0.39 is 0 Å². The van der Waals surface area contributed by atoms with E-state index in [0.717, 1.165) is 52.6 Å². The highest BCUT2D eigenvalue weighted by molar-refractivity contribution is 5.83. The second-order valence-corrected chi connectivity index (χ2v) is 7.11. The van der Waals surface area contributed by atoms with Crippen molar-refractivity contribution in [1.29, 1.82) is 0 Å². The van der Waals surface area contributed by atoms with E-state index in [4.69, 9.17) is 5.10 Å². The first-order valence-corrected chi connectivity index (χ1v) is 10.2. The number of aldehydes is 1. The SMILES string of the molecule is CCCc1nn(CC)c(C=O)c1Cc1ccccc1-c1ccccc1-c1nn[nH]n1. The number of aryl methyl sites for hydroxylation is 2. The number of rotatable bonds is 8. The van der Waals surface area contributed by atoms with Gasteiger partial charge in [0.15, 0.2) is 6.29 Å². The summed E-state index contributed by atoms with van der Waals surface area (Å²) in [6.45, 7) is 4.81. The normalized spacial score (nSPS) is 11.0. The van der Waals surface area contributed by atoms with Crippen LogP contribution in [0, 0.1) is 0 Å². The van der Waals surface area contributed by atoms with Crippen molar-refractivity contribution in [3.05, 3.63) is 71.0 Å². The molecule has 4 aromatic rings. The fourth-order valence-electron chi connectivity index (χ4n) is 3.88. The van der Waals surface area contributed by atoms with Crippen LogP contribution in [-0.2, 0) is 19.4 Å². The summed E-state index contributed by atoms with van der Waals surface area (Å²) in [6, 6.07) is 16.3. The number of hydrogen-bond donors (Lipinski definition) is 1. The van der Waals surface area contributed by atoms with Gasteiger partial charge >= 0.3 is 0 Å². The molecular formula is C23H24N6O. The first-order chi connectivity index (χ1) is 14.8. The summed E-state index contributed by atoms with van der Waals surface area (Å²) in [7, 11) is 0. The molecule has 0 radical (unpaired) electrons. The molecule has 0 aliphatic carbocycles. The zero-order valence-electron chi connectivity index (χ0n) is 17.2. The molecule has 0 aliphatic heterocycles. The maximum atomic E-state index is 11.9. The minimum atomic E-state index is 0.555. The zero-order valence-corrected chi connectivity index (χ0v) is 17.2. The van der Waals surface area contributed by atoms with Crippen molar-refractivity contribution in [3.63, 3.8) is 0 Å². The maximum absolute atomic E-state index is 11.9. The van der Waals surface area contributed by atoms with Gasteiger partial charge in [0, 0.05) is 24.1 Å². The molecule has 0 fully saturated rings. The molecule has 2 aromatic carbocycles. The molecule has 0 aliphatic rings. The smallest absolute Gasteiger partial charge is 0.205 e. The molecule has 7 heteroatoms. The van der Waals surface area contributed by atoms with Gasteiger partial charge in [0.1, 0.15) is 5.69 Å². The van der Waals surface area contributed by atoms with Crippen molar-refractivity contribution >= 4 is 6.29 Å². The lowest BCUT2D eigenvalue weighted by molar-refractivity contribution is 0.111. The summed E-state index contributed by atoms with van der Waals surface area (Å²) in [4.78, 5) is 11.9. The zero-order chi connectivity index (χ0) is 20.9. The van der Waals surface area contributed by atoms with Gasteiger partial charge in [-0.3, -0.25) is 9.48 Å². The molecule has 0 bridgehead atoms. The standard InChI is InChI=1S/C23H24N6O/c1-3-9-21-20(22(15-30)29(4-2)26-21)14-16-10-5-6-11-17(16)18-12-7-8-13-19(18)23-24-27-28-25-23/h5-8,10-13,15H,3-4,9,14H2,1-2H3,(H,24,25,27,28). The van der Waals surface area contributed by atoms with Crippen LogP contribution in [-0.4, -0.2) is 36.7 Å². The van der Waals surface area contributed by atoms with Crippen molar-refractivity contribution in [2.45, 2.75) is 39.7 Å². The van der Waals surface area contributed by atoms with Gasteiger partial charge in [0.05, 0.1) is 5.69 Å². The van der Waals surface area contributed by atoms with Crippen LogP contribution in [0.1, 0.15) is 47.6 Å². The van der Waals surface area contributed by atoms with Gasteiger partial charge < -0.3 is 0 Å². The number of benzene rings is 2. The second-order valence-electron chi connectivity index (χ2n) is 7.11. The van der Waals surface area contributed by atoms with E-state index in [0.29, 0.717) is 24.5 Å². The molecule has 7 nitrogen and oxygen atoms in total. The predicted molar refractivity (Wildman–Crippen MR) is 115 cm³/mol. The third-order valence-electron chi connectivity index (χ3n) is 5.26. The Balaban J connectivity index is 1.83. The molecule has 2 aromatic heterocycles. The van der Waals surface area contributed by atoms with E-state index in [1.54, 1.807) is 0 Å². The van der Waals surface area contributed by atoms with Gasteiger partial charge in [0.2, 0.25) is 5.82 Å². The summed E-state index contributed by atoms with van der Waals surface area (Å²) in [5.41, 5.74) is 6.84. The van der Waals surface area contributed by atoms with Gasteiger partial charge in [-0.1, -0.05) is 61.9 Å². The molecule has 4 rings (SSSR count). The van der Waals surface area contributed by atoms with E-state index in [1.165, 1.54) is 0 Å². The Kier molecular flexibility index (Phi) is 5.79. The minimum Gasteiger partial charge on any atom is -0.296 e. The maximum Gasteiger partial charge on any atom is 0.205 e. The Morgan fingerprint density at radius 2 is 1.73 bits per heavy atom. The molecule has 0 saturated heterocycles. The Labute approximate surface area is 175 Å². The third-order valence-corrected chi connectivity index (χ3v) is 5.26. The van der Waals surface area contributed by atoms with Crippen LogP contribution in [0.2, 0.25) is 0 Å². The fraction of sp³-hybridized carbons (Fsp3) is 0.261. The highest BCUT2D eigenvalue weighted by atomic mass is 16.1. The van der Waals surface area contributed by atoms with E-state index in [2.05, 4.69) is 45.7 Å². The van der Waals surface area contributed by atoms with Crippen LogP contribution in [0.3, 0.4) is 0 Å². The van der Waals surface area contributed by atoms with Crippen LogP contribution >= 0.6 is 0 Å². The van der Waals surface area contributed by atoms with Gasteiger partial charge in [-0.25, -0.2) is 0 Å². The summed E-state index contributed by atoms with van der Waals surface area (Å²) in [5, 5.41) is 19.2. The van der Waals surface area contributed by atoms with Crippen LogP contribution in [0.4, 0.5) is 0 Å². The fourth-order valence-corrected chi connectivity index (χ4v) is 3.88.